The van der Waals surface area contributed by atoms with Crippen molar-refractivity contribution in [1.29, 1.82) is 0 Å². The highest BCUT2D eigenvalue weighted by Gasteiger charge is 2.42. The first-order valence-corrected chi connectivity index (χ1v) is 13.1. The zero-order valence-electron chi connectivity index (χ0n) is 21.1. The molecule has 1 aromatic heterocycles. The molecule has 0 fully saturated rings. The molecule has 0 unspecified atom stereocenters. The normalized spacial score (nSPS) is 19.3. The molecule has 2 aliphatic rings. The lowest BCUT2D eigenvalue weighted by molar-refractivity contribution is -0.140. The van der Waals surface area contributed by atoms with Crippen molar-refractivity contribution in [3.8, 4) is 11.5 Å². The number of allylic oxidation sites excluding steroid dienone is 3. The Hall–Kier alpha value is -3.84. The van der Waals surface area contributed by atoms with E-state index in [9.17, 15) is 9.59 Å². The summed E-state index contributed by atoms with van der Waals surface area (Å²) in [7, 11) is 3.17. The average molecular weight is 516 g/mol. The van der Waals surface area contributed by atoms with Gasteiger partial charge in [-0.25, -0.2) is 4.79 Å². The summed E-state index contributed by atoms with van der Waals surface area (Å²) in [6.45, 7) is 2.00. The van der Waals surface area contributed by atoms with E-state index in [0.29, 0.717) is 46.7 Å². The summed E-state index contributed by atoms with van der Waals surface area (Å²) in [6, 6.07) is 19.1. The van der Waals surface area contributed by atoms with Crippen molar-refractivity contribution in [2.45, 2.75) is 38.2 Å². The van der Waals surface area contributed by atoms with Gasteiger partial charge in [-0.3, -0.25) is 4.79 Å². The van der Waals surface area contributed by atoms with Crippen LogP contribution in [0, 0.1) is 0 Å². The van der Waals surface area contributed by atoms with Gasteiger partial charge in [0.1, 0.15) is 18.1 Å². The van der Waals surface area contributed by atoms with Crippen molar-refractivity contribution < 1.29 is 23.8 Å². The molecule has 1 aliphatic carbocycles. The van der Waals surface area contributed by atoms with Gasteiger partial charge in [-0.15, -0.1) is 11.3 Å². The summed E-state index contributed by atoms with van der Waals surface area (Å²) < 4.78 is 17.0. The molecule has 2 aromatic carbocycles. The minimum absolute atomic E-state index is 0.0166. The quantitative estimate of drug-likeness (QED) is 0.397. The van der Waals surface area contributed by atoms with E-state index >= 15 is 0 Å². The molecule has 2 atom stereocenters. The van der Waals surface area contributed by atoms with Gasteiger partial charge in [-0.2, -0.15) is 0 Å². The van der Waals surface area contributed by atoms with Crippen LogP contribution < -0.4 is 14.8 Å². The first-order valence-electron chi connectivity index (χ1n) is 12.2. The smallest absolute Gasteiger partial charge is 0.337 e. The molecule has 0 saturated heterocycles. The third-order valence-electron chi connectivity index (χ3n) is 6.95. The van der Waals surface area contributed by atoms with Crippen LogP contribution >= 0.6 is 11.3 Å². The lowest BCUT2D eigenvalue weighted by atomic mass is 9.72. The Bertz CT molecular complexity index is 1370. The monoisotopic (exact) mass is 515 g/mol. The van der Waals surface area contributed by atoms with Crippen LogP contribution in [0.5, 0.6) is 11.5 Å². The van der Waals surface area contributed by atoms with Gasteiger partial charge in [0.05, 0.1) is 25.7 Å². The number of ketones is 1. The van der Waals surface area contributed by atoms with Gasteiger partial charge in [0, 0.05) is 39.7 Å². The topological polar surface area (TPSA) is 73.9 Å². The Morgan fingerprint density at radius 2 is 1.84 bits per heavy atom. The summed E-state index contributed by atoms with van der Waals surface area (Å²) in [6.07, 6.45) is 1.07. The molecule has 190 valence electrons. The highest BCUT2D eigenvalue weighted by Crippen LogP contribution is 2.48. The predicted molar refractivity (Wildman–Crippen MR) is 143 cm³/mol. The van der Waals surface area contributed by atoms with Crippen molar-refractivity contribution >= 4 is 23.1 Å². The third kappa shape index (κ3) is 4.91. The molecule has 6 nitrogen and oxygen atoms in total. The van der Waals surface area contributed by atoms with E-state index in [0.717, 1.165) is 11.3 Å². The zero-order valence-corrected chi connectivity index (χ0v) is 21.9. The number of rotatable bonds is 7. The van der Waals surface area contributed by atoms with Crippen LogP contribution in [0.25, 0.3) is 0 Å². The Morgan fingerprint density at radius 1 is 1.03 bits per heavy atom. The average Bonchev–Trinajstić information content (AvgIpc) is 3.46. The number of thiophene rings is 1. The minimum atomic E-state index is -0.638. The second-order valence-corrected chi connectivity index (χ2v) is 10.2. The maximum absolute atomic E-state index is 13.8. The van der Waals surface area contributed by atoms with Gasteiger partial charge in [-0.05, 0) is 48.6 Å². The van der Waals surface area contributed by atoms with Gasteiger partial charge >= 0.3 is 5.97 Å². The van der Waals surface area contributed by atoms with Crippen LogP contribution in [0.3, 0.4) is 0 Å². The Kier molecular flexibility index (Phi) is 7.15. The molecular formula is C30H29NO5S. The molecule has 0 amide bonds. The summed E-state index contributed by atoms with van der Waals surface area (Å²) in [5.41, 5.74) is 4.11. The number of benzene rings is 2. The van der Waals surface area contributed by atoms with Crippen LogP contribution in [-0.4, -0.2) is 26.0 Å². The molecule has 7 heteroatoms. The van der Waals surface area contributed by atoms with Crippen molar-refractivity contribution in [3.63, 3.8) is 0 Å². The number of dihydropyridines is 1. The Balaban J connectivity index is 1.58. The SMILES string of the molecule is COc1ccc(OC)c([C@H]2C(C(=O)OCc3ccccc3)=C(C)NC3=C2C(=O)C[C@H](c2cccs2)C3)c1. The third-order valence-corrected chi connectivity index (χ3v) is 7.99. The number of ether oxygens (including phenoxy) is 3. The summed E-state index contributed by atoms with van der Waals surface area (Å²) in [5.74, 6) is 0.207. The van der Waals surface area contributed by atoms with Gasteiger partial charge in [-0.1, -0.05) is 36.4 Å². The first kappa shape index (κ1) is 24.8. The van der Waals surface area contributed by atoms with Crippen molar-refractivity contribution in [3.05, 3.63) is 105 Å². The number of Topliss-reactive ketones (excluding diaryl/α,β-unsaturated/α-hetero) is 1. The van der Waals surface area contributed by atoms with Gasteiger partial charge < -0.3 is 19.5 Å². The van der Waals surface area contributed by atoms with Crippen LogP contribution in [0.2, 0.25) is 0 Å². The molecule has 0 bridgehead atoms. The van der Waals surface area contributed by atoms with Crippen LogP contribution in [0.1, 0.15) is 47.6 Å². The molecule has 0 radical (unpaired) electrons. The molecule has 3 aromatic rings. The molecule has 5 rings (SSSR count). The lowest BCUT2D eigenvalue weighted by Gasteiger charge is -2.36. The maximum atomic E-state index is 13.8. The van der Waals surface area contributed by atoms with Gasteiger partial charge in [0.15, 0.2) is 5.78 Å². The highest BCUT2D eigenvalue weighted by atomic mass is 32.1. The lowest BCUT2D eigenvalue weighted by Crippen LogP contribution is -2.36. The number of nitrogens with one attached hydrogen (secondary N) is 1. The fraction of sp³-hybridized carbons (Fsp3) is 0.267. The van der Waals surface area contributed by atoms with Crippen LogP contribution in [0.15, 0.2) is 88.6 Å². The van der Waals surface area contributed by atoms with E-state index in [1.807, 2.05) is 54.8 Å². The number of hydrogen-bond donors (Lipinski definition) is 1. The Morgan fingerprint density at radius 3 is 2.54 bits per heavy atom. The molecule has 0 spiro atoms. The Labute approximate surface area is 220 Å². The molecule has 2 heterocycles. The second-order valence-electron chi connectivity index (χ2n) is 9.20. The summed E-state index contributed by atoms with van der Waals surface area (Å²) >= 11 is 1.66. The van der Waals surface area contributed by atoms with E-state index in [1.165, 1.54) is 4.88 Å². The van der Waals surface area contributed by atoms with E-state index in [-0.39, 0.29) is 18.3 Å². The van der Waals surface area contributed by atoms with E-state index in [4.69, 9.17) is 14.2 Å². The number of carbonyl (C=O) groups excluding carboxylic acids is 2. The molecule has 37 heavy (non-hydrogen) atoms. The van der Waals surface area contributed by atoms with Crippen molar-refractivity contribution in [2.75, 3.05) is 14.2 Å². The second kappa shape index (κ2) is 10.6. The standard InChI is InChI=1S/C30H29NO5S/c1-18-27(30(33)36-17-19-8-5-4-6-9-19)28(22-16-21(34-2)11-12-25(22)35-3)29-23(31-18)14-20(15-24(29)32)26-10-7-13-37-26/h4-13,16,20,28,31H,14-15,17H2,1-3H3/t20-,28+/m1/s1. The molecule has 0 saturated carbocycles. The maximum Gasteiger partial charge on any atom is 0.337 e. The van der Waals surface area contributed by atoms with Crippen LogP contribution in [0.4, 0.5) is 0 Å². The van der Waals surface area contributed by atoms with E-state index < -0.39 is 11.9 Å². The van der Waals surface area contributed by atoms with E-state index in [2.05, 4.69) is 11.4 Å². The summed E-state index contributed by atoms with van der Waals surface area (Å²) in [5, 5.41) is 5.44. The van der Waals surface area contributed by atoms with Crippen molar-refractivity contribution in [2.24, 2.45) is 0 Å². The predicted octanol–water partition coefficient (Wildman–Crippen LogP) is 5.87. The van der Waals surface area contributed by atoms with Gasteiger partial charge in [0.25, 0.3) is 0 Å². The fourth-order valence-electron chi connectivity index (χ4n) is 5.21. The molecule has 1 aliphatic heterocycles. The van der Waals surface area contributed by atoms with Gasteiger partial charge in [0.2, 0.25) is 0 Å². The number of methoxy groups -OCH3 is 2. The van der Waals surface area contributed by atoms with Crippen LogP contribution in [-0.2, 0) is 20.9 Å². The largest absolute Gasteiger partial charge is 0.497 e. The molecular weight excluding hydrogens is 486 g/mol. The number of carbonyl (C=O) groups is 2. The molecule has 1 N–H and O–H groups in total. The zero-order chi connectivity index (χ0) is 25.9. The van der Waals surface area contributed by atoms with Crippen molar-refractivity contribution in [1.82, 2.24) is 5.32 Å². The minimum Gasteiger partial charge on any atom is -0.497 e. The fourth-order valence-corrected chi connectivity index (χ4v) is 6.04. The number of esters is 1. The first-order chi connectivity index (χ1) is 18.0. The highest BCUT2D eigenvalue weighted by molar-refractivity contribution is 7.10. The number of hydrogen-bond acceptors (Lipinski definition) is 7. The summed E-state index contributed by atoms with van der Waals surface area (Å²) in [4.78, 5) is 28.6. The van der Waals surface area contributed by atoms with E-state index in [1.54, 1.807) is 37.7 Å².